The lowest BCUT2D eigenvalue weighted by Crippen LogP contribution is -2.47. The highest BCUT2D eigenvalue weighted by molar-refractivity contribution is 5.89. The van der Waals surface area contributed by atoms with Gasteiger partial charge >= 0.3 is 6.09 Å². The molecule has 40 heavy (non-hydrogen) atoms. The number of ether oxygens (including phenoxy) is 1. The largest absolute Gasteiger partial charge is 0.453 e. The molecule has 212 valence electrons. The summed E-state index contributed by atoms with van der Waals surface area (Å²) >= 11 is 0. The summed E-state index contributed by atoms with van der Waals surface area (Å²) in [5.41, 5.74) is 2.26. The number of hydrogen-bond acceptors (Lipinski definition) is 7. The van der Waals surface area contributed by atoms with Crippen molar-refractivity contribution in [2.45, 2.75) is 57.4 Å². The van der Waals surface area contributed by atoms with Crippen molar-refractivity contribution in [2.24, 2.45) is 0 Å². The highest BCUT2D eigenvalue weighted by atomic mass is 19.1. The van der Waals surface area contributed by atoms with Gasteiger partial charge in [-0.2, -0.15) is 19.8 Å². The van der Waals surface area contributed by atoms with Crippen LogP contribution in [0.15, 0.2) is 42.6 Å². The molecule has 0 radical (unpaired) electrons. The molecule has 4 rings (SSSR count). The number of rotatable bonds is 9. The molecule has 0 bridgehead atoms. The molecule has 13 heteroatoms. The number of carbonyl (C=O) groups excluding carboxylic acids is 3. The van der Waals surface area contributed by atoms with Crippen molar-refractivity contribution in [2.75, 3.05) is 13.7 Å². The molecule has 3 N–H and O–H groups in total. The molecule has 1 fully saturated rings. The van der Waals surface area contributed by atoms with Crippen molar-refractivity contribution < 1.29 is 27.9 Å². The number of alkyl carbamates (subject to hydrolysis) is 1. The number of nitrogens with zero attached hydrogens (tertiary/aromatic N) is 4. The number of methoxy groups -OCH3 is 1. The lowest BCUT2D eigenvalue weighted by molar-refractivity contribution is -0.138. The maximum absolute atomic E-state index is 14.9. The maximum atomic E-state index is 14.9. The third kappa shape index (κ3) is 6.77. The molecule has 1 aliphatic heterocycles. The molecule has 2 aromatic heterocycles. The van der Waals surface area contributed by atoms with Crippen molar-refractivity contribution in [1.29, 1.82) is 0 Å². The van der Waals surface area contributed by atoms with E-state index in [0.717, 1.165) is 0 Å². The van der Waals surface area contributed by atoms with E-state index in [4.69, 9.17) is 0 Å². The fourth-order valence-electron chi connectivity index (χ4n) is 4.62. The number of hydrogen-bond donors (Lipinski definition) is 3. The Bertz CT molecular complexity index is 1350. The van der Waals surface area contributed by atoms with Crippen LogP contribution in [0, 0.1) is 5.95 Å². The Hall–Kier alpha value is -4.42. The van der Waals surface area contributed by atoms with E-state index in [2.05, 4.69) is 35.8 Å². The minimum Gasteiger partial charge on any atom is -0.453 e. The number of likely N-dealkylation sites (tertiary alicyclic amines) is 1. The Labute approximate surface area is 229 Å². The molecule has 3 aromatic rings. The summed E-state index contributed by atoms with van der Waals surface area (Å²) in [6.07, 6.45) is -0.936. The predicted molar refractivity (Wildman–Crippen MR) is 139 cm³/mol. The lowest BCUT2D eigenvalue weighted by atomic mass is 9.98. The van der Waals surface area contributed by atoms with Crippen molar-refractivity contribution in [1.82, 2.24) is 35.9 Å². The summed E-state index contributed by atoms with van der Waals surface area (Å²) in [5, 5.41) is 15.4. The van der Waals surface area contributed by atoms with E-state index in [1.165, 1.54) is 18.2 Å². The standard InChI is InChI=1S/C27H31F2N7O4/c1-15(2)20-7-8-21(32-25(20)29)24(17-6-4-5-16(9-17)12-30-27(39)40-3)33-26(38)22-10-18(28)14-36(22)23(37)11-19-13-31-35-34-19/h4-9,13,15,18,22,24H,10-12,14H2,1-3H3,(H,30,39)(H,33,38)(H,31,34,35). The molecule has 1 saturated heterocycles. The Morgan fingerprint density at radius 1 is 1.23 bits per heavy atom. The van der Waals surface area contributed by atoms with Gasteiger partial charge in [0.15, 0.2) is 0 Å². The van der Waals surface area contributed by atoms with Gasteiger partial charge in [0.25, 0.3) is 0 Å². The van der Waals surface area contributed by atoms with E-state index in [9.17, 15) is 23.2 Å². The second kappa shape index (κ2) is 12.6. The molecular weight excluding hydrogens is 524 g/mol. The molecule has 11 nitrogen and oxygen atoms in total. The van der Waals surface area contributed by atoms with Crippen molar-refractivity contribution in [3.8, 4) is 0 Å². The van der Waals surface area contributed by atoms with E-state index in [-0.39, 0.29) is 37.5 Å². The highest BCUT2D eigenvalue weighted by Gasteiger charge is 2.40. The molecular formula is C27H31F2N7O4. The molecule has 3 amide bonds. The van der Waals surface area contributed by atoms with Crippen LogP contribution < -0.4 is 10.6 Å². The average Bonchev–Trinajstić information content (AvgIpc) is 3.59. The Morgan fingerprint density at radius 3 is 2.70 bits per heavy atom. The summed E-state index contributed by atoms with van der Waals surface area (Å²) in [7, 11) is 1.25. The zero-order valence-electron chi connectivity index (χ0n) is 22.4. The number of halogens is 2. The van der Waals surface area contributed by atoms with Gasteiger partial charge in [-0.05, 0) is 23.1 Å². The van der Waals surface area contributed by atoms with Gasteiger partial charge in [0.2, 0.25) is 17.8 Å². The molecule has 0 aliphatic carbocycles. The number of aromatic nitrogens is 4. The second-order valence-electron chi connectivity index (χ2n) is 9.84. The molecule has 3 heterocycles. The fourth-order valence-corrected chi connectivity index (χ4v) is 4.62. The summed E-state index contributed by atoms with van der Waals surface area (Å²) < 4.78 is 34.1. The zero-order valence-corrected chi connectivity index (χ0v) is 22.4. The van der Waals surface area contributed by atoms with Crippen LogP contribution in [0.25, 0.3) is 0 Å². The summed E-state index contributed by atoms with van der Waals surface area (Å²) in [6, 6.07) is 8.19. The number of nitrogens with one attached hydrogen (secondary N) is 3. The van der Waals surface area contributed by atoms with Gasteiger partial charge in [0.1, 0.15) is 12.2 Å². The number of pyridine rings is 1. The van der Waals surface area contributed by atoms with Gasteiger partial charge in [0.05, 0.1) is 43.7 Å². The lowest BCUT2D eigenvalue weighted by Gasteiger charge is -2.27. The zero-order chi connectivity index (χ0) is 28.8. The first kappa shape index (κ1) is 28.6. The average molecular weight is 556 g/mol. The molecule has 1 aliphatic rings. The third-order valence-electron chi connectivity index (χ3n) is 6.68. The van der Waals surface area contributed by atoms with Gasteiger partial charge < -0.3 is 20.3 Å². The predicted octanol–water partition coefficient (Wildman–Crippen LogP) is 2.71. The van der Waals surface area contributed by atoms with Gasteiger partial charge in [-0.1, -0.05) is 44.2 Å². The van der Waals surface area contributed by atoms with E-state index in [1.54, 1.807) is 36.4 Å². The molecule has 0 spiro atoms. The summed E-state index contributed by atoms with van der Waals surface area (Å²) in [6.45, 7) is 3.60. The van der Waals surface area contributed by atoms with Crippen molar-refractivity contribution in [3.63, 3.8) is 0 Å². The number of carbonyl (C=O) groups is 3. The van der Waals surface area contributed by atoms with Crippen LogP contribution in [0.2, 0.25) is 0 Å². The maximum Gasteiger partial charge on any atom is 0.407 e. The van der Waals surface area contributed by atoms with Gasteiger partial charge in [0, 0.05) is 18.5 Å². The number of aromatic amines is 1. The van der Waals surface area contributed by atoms with Crippen LogP contribution in [0.3, 0.4) is 0 Å². The Morgan fingerprint density at radius 2 is 2.02 bits per heavy atom. The van der Waals surface area contributed by atoms with Crippen LogP contribution in [-0.2, 0) is 27.3 Å². The summed E-state index contributed by atoms with van der Waals surface area (Å²) in [5.74, 6) is -1.84. The van der Waals surface area contributed by atoms with Crippen molar-refractivity contribution >= 4 is 17.9 Å². The van der Waals surface area contributed by atoms with Gasteiger partial charge in [-0.15, -0.1) is 0 Å². The van der Waals surface area contributed by atoms with Crippen LogP contribution in [0.1, 0.15) is 60.3 Å². The minimum absolute atomic E-state index is 0.105. The first-order valence-electron chi connectivity index (χ1n) is 12.8. The van der Waals surface area contributed by atoms with Crippen LogP contribution in [0.4, 0.5) is 13.6 Å². The molecule has 1 aromatic carbocycles. The van der Waals surface area contributed by atoms with Crippen LogP contribution in [0.5, 0.6) is 0 Å². The quantitative estimate of drug-likeness (QED) is 0.345. The molecule has 3 atom stereocenters. The van der Waals surface area contributed by atoms with E-state index < -0.39 is 42.1 Å². The van der Waals surface area contributed by atoms with E-state index >= 15 is 0 Å². The van der Waals surface area contributed by atoms with E-state index in [0.29, 0.717) is 22.4 Å². The highest BCUT2D eigenvalue weighted by Crippen LogP contribution is 2.27. The second-order valence-corrected chi connectivity index (χ2v) is 9.84. The number of benzene rings is 1. The fraction of sp³-hybridized carbons (Fsp3) is 0.407. The van der Waals surface area contributed by atoms with Gasteiger partial charge in [-0.25, -0.2) is 14.2 Å². The monoisotopic (exact) mass is 555 g/mol. The number of H-pyrrole nitrogens is 1. The Kier molecular flexibility index (Phi) is 9.02. The van der Waals surface area contributed by atoms with E-state index in [1.807, 2.05) is 13.8 Å². The van der Waals surface area contributed by atoms with Gasteiger partial charge in [-0.3, -0.25) is 9.59 Å². The molecule has 3 unspecified atom stereocenters. The first-order chi connectivity index (χ1) is 19.2. The summed E-state index contributed by atoms with van der Waals surface area (Å²) in [4.78, 5) is 43.4. The minimum atomic E-state index is -1.39. The SMILES string of the molecule is COC(=O)NCc1cccc(C(NC(=O)C2CC(F)CN2C(=O)Cc2cn[nH]n2)c2ccc(C(C)C)c(F)n2)c1. The third-order valence-corrected chi connectivity index (χ3v) is 6.68. The normalized spacial score (nSPS) is 17.5. The number of alkyl halides is 1. The number of amides is 3. The van der Waals surface area contributed by atoms with Crippen LogP contribution in [-0.4, -0.2) is 69.1 Å². The van der Waals surface area contributed by atoms with Crippen molar-refractivity contribution in [3.05, 3.63) is 76.6 Å². The topological polar surface area (TPSA) is 142 Å². The molecule has 0 saturated carbocycles. The Balaban J connectivity index is 1.62. The smallest absolute Gasteiger partial charge is 0.407 e. The first-order valence-corrected chi connectivity index (χ1v) is 12.8. The van der Waals surface area contributed by atoms with Crippen LogP contribution >= 0.6 is 0 Å².